The number of rotatable bonds is 6. The van der Waals surface area contributed by atoms with Gasteiger partial charge in [-0.1, -0.05) is 79.6 Å². The van der Waals surface area contributed by atoms with Crippen molar-refractivity contribution in [1.29, 1.82) is 0 Å². The Bertz CT molecular complexity index is 64.4. The van der Waals surface area contributed by atoms with E-state index in [2.05, 4.69) is 34.6 Å². The molecule has 0 heterocycles. The monoisotopic (exact) mass is 185 g/mol. The second kappa shape index (κ2) is 14.5. The van der Waals surface area contributed by atoms with Gasteiger partial charge >= 0.3 is 0 Å². The Labute approximate surface area is 86.1 Å². The lowest BCUT2D eigenvalue weighted by molar-refractivity contribution is 0.537. The van der Waals surface area contributed by atoms with Crippen molar-refractivity contribution in [1.82, 2.24) is 0 Å². The normalized spacial score (nSPS) is 11.8. The summed E-state index contributed by atoms with van der Waals surface area (Å²) >= 11 is 0. The van der Waals surface area contributed by atoms with Gasteiger partial charge in [0.15, 0.2) is 0 Å². The molecule has 0 rings (SSSR count). The molecule has 0 saturated heterocycles. The van der Waals surface area contributed by atoms with Crippen LogP contribution in [0.2, 0.25) is 0 Å². The highest BCUT2D eigenvalue weighted by Gasteiger charge is 1.94. The predicted octanol–water partition coefficient (Wildman–Crippen LogP) is 5.23. The average molecular weight is 185 g/mol. The summed E-state index contributed by atoms with van der Waals surface area (Å²) in [7, 11) is 0. The van der Waals surface area contributed by atoms with Gasteiger partial charge in [-0.2, -0.15) is 0 Å². The van der Waals surface area contributed by atoms with Gasteiger partial charge in [-0.05, 0) is 5.92 Å². The van der Waals surface area contributed by atoms with Crippen molar-refractivity contribution in [2.24, 2.45) is 5.92 Å². The molecule has 0 aromatic heterocycles. The fourth-order valence-corrected chi connectivity index (χ4v) is 1.05. The van der Waals surface area contributed by atoms with Gasteiger partial charge in [-0.25, -0.2) is 0 Å². The second-order valence-corrected chi connectivity index (χ2v) is 3.77. The summed E-state index contributed by atoms with van der Waals surface area (Å²) in [5.41, 5.74) is 0. The highest BCUT2D eigenvalue weighted by Crippen LogP contribution is 2.09. The SMILES string of the molecule is CCCCC.[CH2]C(CC)CCCC. The zero-order valence-corrected chi connectivity index (χ0v) is 10.2. The van der Waals surface area contributed by atoms with Crippen LogP contribution in [0.4, 0.5) is 0 Å². The number of hydrogen-bond acceptors (Lipinski definition) is 0. The van der Waals surface area contributed by atoms with E-state index >= 15 is 0 Å². The maximum atomic E-state index is 3.99. The van der Waals surface area contributed by atoms with Crippen LogP contribution in [0.1, 0.15) is 72.6 Å². The van der Waals surface area contributed by atoms with Crippen molar-refractivity contribution in [3.63, 3.8) is 0 Å². The molecule has 0 nitrogen and oxygen atoms in total. The molecular formula is C13H29. The highest BCUT2D eigenvalue weighted by molar-refractivity contribution is 4.57. The van der Waals surface area contributed by atoms with E-state index in [1.165, 1.54) is 44.9 Å². The lowest BCUT2D eigenvalue weighted by Gasteiger charge is -2.04. The van der Waals surface area contributed by atoms with Crippen LogP contribution in [-0.2, 0) is 0 Å². The summed E-state index contributed by atoms with van der Waals surface area (Å²) in [4.78, 5) is 0. The quantitative estimate of drug-likeness (QED) is 0.531. The van der Waals surface area contributed by atoms with E-state index in [0.29, 0.717) is 5.92 Å². The van der Waals surface area contributed by atoms with Crippen molar-refractivity contribution in [2.75, 3.05) is 0 Å². The Morgan fingerprint density at radius 3 is 1.54 bits per heavy atom. The third-order valence-corrected chi connectivity index (χ3v) is 2.25. The standard InChI is InChI=1S/C8H17.C5H12/c1-4-6-7-8(3)5-2;1-3-5-4-2/h8H,3-7H2,1-2H3;3-5H2,1-2H3. The van der Waals surface area contributed by atoms with E-state index in [9.17, 15) is 0 Å². The fraction of sp³-hybridized carbons (Fsp3) is 0.923. The van der Waals surface area contributed by atoms with Gasteiger partial charge in [-0.15, -0.1) is 0 Å². The molecular weight excluding hydrogens is 156 g/mol. The van der Waals surface area contributed by atoms with E-state index in [-0.39, 0.29) is 0 Å². The minimum absolute atomic E-state index is 0.704. The zero-order chi connectivity index (χ0) is 10.5. The number of hydrogen-bond donors (Lipinski definition) is 0. The molecule has 0 aliphatic rings. The van der Waals surface area contributed by atoms with Crippen molar-refractivity contribution in [3.05, 3.63) is 6.92 Å². The molecule has 1 atom stereocenters. The molecule has 0 N–H and O–H groups in total. The first-order chi connectivity index (χ1) is 6.22. The van der Waals surface area contributed by atoms with Crippen molar-refractivity contribution >= 4 is 0 Å². The minimum atomic E-state index is 0.704. The fourth-order valence-electron chi connectivity index (χ4n) is 1.05. The largest absolute Gasteiger partial charge is 0.0654 e. The summed E-state index contributed by atoms with van der Waals surface area (Å²) < 4.78 is 0. The molecule has 0 aromatic carbocycles. The summed E-state index contributed by atoms with van der Waals surface area (Å²) in [5.74, 6) is 0.704. The smallest absolute Gasteiger partial charge is 0.0417 e. The van der Waals surface area contributed by atoms with Gasteiger partial charge < -0.3 is 0 Å². The lowest BCUT2D eigenvalue weighted by Crippen LogP contribution is -1.90. The zero-order valence-electron chi connectivity index (χ0n) is 10.2. The Hall–Kier alpha value is 0. The molecule has 0 aliphatic heterocycles. The first kappa shape index (κ1) is 15.5. The lowest BCUT2D eigenvalue weighted by atomic mass is 10.0. The van der Waals surface area contributed by atoms with E-state index in [1.54, 1.807) is 0 Å². The first-order valence-electron chi connectivity index (χ1n) is 6.05. The maximum Gasteiger partial charge on any atom is -0.0417 e. The average Bonchev–Trinajstić information content (AvgIpc) is 2.16. The van der Waals surface area contributed by atoms with Crippen LogP contribution in [0.3, 0.4) is 0 Å². The highest BCUT2D eigenvalue weighted by atomic mass is 14.0. The predicted molar refractivity (Wildman–Crippen MR) is 63.9 cm³/mol. The molecule has 1 radical (unpaired) electrons. The minimum Gasteiger partial charge on any atom is -0.0654 e. The topological polar surface area (TPSA) is 0 Å². The Kier molecular flexibility index (Phi) is 17.3. The van der Waals surface area contributed by atoms with Gasteiger partial charge in [0.05, 0.1) is 0 Å². The summed E-state index contributed by atoms with van der Waals surface area (Å²) in [6.45, 7) is 12.8. The Balaban J connectivity index is 0. The van der Waals surface area contributed by atoms with Crippen molar-refractivity contribution in [3.8, 4) is 0 Å². The molecule has 1 unspecified atom stereocenters. The summed E-state index contributed by atoms with van der Waals surface area (Å²) in [5, 5.41) is 0. The first-order valence-corrected chi connectivity index (χ1v) is 6.05. The van der Waals surface area contributed by atoms with Crippen LogP contribution in [0, 0.1) is 12.8 Å². The van der Waals surface area contributed by atoms with Crippen LogP contribution in [0.25, 0.3) is 0 Å². The van der Waals surface area contributed by atoms with Crippen LogP contribution in [0.5, 0.6) is 0 Å². The van der Waals surface area contributed by atoms with Crippen LogP contribution < -0.4 is 0 Å². The molecule has 0 bridgehead atoms. The Morgan fingerprint density at radius 1 is 0.846 bits per heavy atom. The molecule has 81 valence electrons. The molecule has 0 fully saturated rings. The van der Waals surface area contributed by atoms with E-state index in [1.807, 2.05) is 0 Å². The maximum absolute atomic E-state index is 3.99. The molecule has 13 heavy (non-hydrogen) atoms. The molecule has 0 aliphatic carbocycles. The molecule has 0 spiro atoms. The van der Waals surface area contributed by atoms with Crippen LogP contribution in [-0.4, -0.2) is 0 Å². The van der Waals surface area contributed by atoms with Gasteiger partial charge in [0, 0.05) is 0 Å². The van der Waals surface area contributed by atoms with Crippen molar-refractivity contribution < 1.29 is 0 Å². The second-order valence-electron chi connectivity index (χ2n) is 3.77. The number of unbranched alkanes of at least 4 members (excludes halogenated alkanes) is 3. The summed E-state index contributed by atoms with van der Waals surface area (Å²) in [6.07, 6.45) is 9.29. The molecule has 0 amide bonds. The van der Waals surface area contributed by atoms with E-state index in [0.717, 1.165) is 0 Å². The van der Waals surface area contributed by atoms with Gasteiger partial charge in [-0.3, -0.25) is 0 Å². The van der Waals surface area contributed by atoms with Gasteiger partial charge in [0.25, 0.3) is 0 Å². The molecule has 0 saturated carbocycles. The Morgan fingerprint density at radius 2 is 1.31 bits per heavy atom. The van der Waals surface area contributed by atoms with E-state index < -0.39 is 0 Å². The van der Waals surface area contributed by atoms with Gasteiger partial charge in [0.1, 0.15) is 0 Å². The van der Waals surface area contributed by atoms with E-state index in [4.69, 9.17) is 0 Å². The third-order valence-electron chi connectivity index (χ3n) is 2.25. The van der Waals surface area contributed by atoms with Crippen LogP contribution >= 0.6 is 0 Å². The van der Waals surface area contributed by atoms with Crippen LogP contribution in [0.15, 0.2) is 0 Å². The summed E-state index contributed by atoms with van der Waals surface area (Å²) in [6, 6.07) is 0. The molecule has 0 aromatic rings. The van der Waals surface area contributed by atoms with Gasteiger partial charge in [0.2, 0.25) is 0 Å². The third kappa shape index (κ3) is 18.8. The molecule has 0 heteroatoms. The van der Waals surface area contributed by atoms with Crippen molar-refractivity contribution in [2.45, 2.75) is 72.6 Å².